The monoisotopic (exact) mass is 419 g/mol. The highest BCUT2D eigenvalue weighted by Gasteiger charge is 2.18. The average molecular weight is 420 g/mol. The smallest absolute Gasteiger partial charge is 0.267 e. The van der Waals surface area contributed by atoms with Crippen molar-refractivity contribution < 1.29 is 0 Å². The molecule has 3 heterocycles. The van der Waals surface area contributed by atoms with E-state index in [4.69, 9.17) is 0 Å². The third-order valence-electron chi connectivity index (χ3n) is 4.77. The molecule has 0 aliphatic carbocycles. The summed E-state index contributed by atoms with van der Waals surface area (Å²) in [6.07, 6.45) is 0. The quantitative estimate of drug-likeness (QED) is 0.404. The zero-order valence-electron chi connectivity index (χ0n) is 15.9. The minimum absolute atomic E-state index is 0.0959. The van der Waals surface area contributed by atoms with Gasteiger partial charge in [0, 0.05) is 11.1 Å². The number of nitrogens with zero attached hydrogens (tertiary/aromatic N) is 5. The number of aromatic nitrogens is 5. The third-order valence-corrected chi connectivity index (χ3v) is 6.55. The molecule has 144 valence electrons. The molecule has 0 atom stereocenters. The number of aryl methyl sites for hydroxylation is 2. The third kappa shape index (κ3) is 3.04. The summed E-state index contributed by atoms with van der Waals surface area (Å²) in [5, 5.41) is 13.3. The van der Waals surface area contributed by atoms with E-state index in [2.05, 4.69) is 20.6 Å². The summed E-state index contributed by atoms with van der Waals surface area (Å²) in [6.45, 7) is 3.99. The number of para-hydroxylation sites is 2. The van der Waals surface area contributed by atoms with Crippen LogP contribution in [0.1, 0.15) is 16.3 Å². The molecule has 5 aromatic rings. The molecule has 0 saturated carbocycles. The van der Waals surface area contributed by atoms with Gasteiger partial charge in [-0.1, -0.05) is 42.1 Å². The predicted octanol–water partition coefficient (Wildman–Crippen LogP) is 4.40. The summed E-state index contributed by atoms with van der Waals surface area (Å²) in [6, 6.07) is 15.4. The zero-order valence-corrected chi connectivity index (χ0v) is 17.5. The van der Waals surface area contributed by atoms with Crippen LogP contribution < -0.4 is 5.56 Å². The highest BCUT2D eigenvalue weighted by atomic mass is 32.2. The number of hydrogen-bond donors (Lipinski definition) is 0. The SMILES string of the molecule is Cc1nc(CSc2nnc3n(-c4ccccc4C)c(=O)c4ccccc4n23)cs1. The van der Waals surface area contributed by atoms with Gasteiger partial charge < -0.3 is 0 Å². The van der Waals surface area contributed by atoms with E-state index in [1.54, 1.807) is 27.7 Å². The first-order valence-corrected chi connectivity index (χ1v) is 11.0. The predicted molar refractivity (Wildman–Crippen MR) is 117 cm³/mol. The van der Waals surface area contributed by atoms with Crippen LogP contribution in [0.3, 0.4) is 0 Å². The summed E-state index contributed by atoms with van der Waals surface area (Å²) in [4.78, 5) is 17.9. The van der Waals surface area contributed by atoms with Gasteiger partial charge in [-0.3, -0.25) is 9.20 Å². The van der Waals surface area contributed by atoms with Crippen LogP contribution in [0.15, 0.2) is 63.9 Å². The molecule has 3 aromatic heterocycles. The number of hydrogen-bond acceptors (Lipinski definition) is 6. The summed E-state index contributed by atoms with van der Waals surface area (Å²) < 4.78 is 3.62. The minimum atomic E-state index is -0.0959. The van der Waals surface area contributed by atoms with Crippen LogP contribution in [0.5, 0.6) is 0 Å². The normalized spacial score (nSPS) is 11.5. The van der Waals surface area contributed by atoms with Crippen molar-refractivity contribution in [2.45, 2.75) is 24.8 Å². The van der Waals surface area contributed by atoms with Crippen molar-refractivity contribution in [1.82, 2.24) is 24.1 Å². The van der Waals surface area contributed by atoms with Crippen molar-refractivity contribution in [2.24, 2.45) is 0 Å². The van der Waals surface area contributed by atoms with E-state index in [9.17, 15) is 4.79 Å². The van der Waals surface area contributed by atoms with Gasteiger partial charge in [0.05, 0.1) is 27.3 Å². The number of benzene rings is 2. The molecule has 0 amide bonds. The molecule has 6 nitrogen and oxygen atoms in total. The first-order valence-electron chi connectivity index (χ1n) is 9.12. The van der Waals surface area contributed by atoms with E-state index < -0.39 is 0 Å². The number of fused-ring (bicyclic) bond motifs is 3. The molecule has 0 saturated heterocycles. The lowest BCUT2D eigenvalue weighted by atomic mass is 10.2. The Bertz CT molecular complexity index is 1420. The molecule has 29 heavy (non-hydrogen) atoms. The summed E-state index contributed by atoms with van der Waals surface area (Å²) >= 11 is 3.21. The largest absolute Gasteiger partial charge is 0.268 e. The van der Waals surface area contributed by atoms with Crippen LogP contribution in [0.4, 0.5) is 0 Å². The Morgan fingerprint density at radius 3 is 2.62 bits per heavy atom. The van der Waals surface area contributed by atoms with Gasteiger partial charge in [0.15, 0.2) is 5.16 Å². The first kappa shape index (κ1) is 18.1. The molecule has 0 aliphatic rings. The maximum atomic E-state index is 13.4. The first-order chi connectivity index (χ1) is 14.1. The van der Waals surface area contributed by atoms with Gasteiger partial charge in [-0.2, -0.15) is 0 Å². The van der Waals surface area contributed by atoms with E-state index in [0.29, 0.717) is 16.9 Å². The highest BCUT2D eigenvalue weighted by molar-refractivity contribution is 7.98. The van der Waals surface area contributed by atoms with Crippen LogP contribution in [-0.4, -0.2) is 24.1 Å². The lowest BCUT2D eigenvalue weighted by Gasteiger charge is -2.13. The molecule has 0 spiro atoms. The Labute approximate surface area is 174 Å². The Kier molecular flexibility index (Phi) is 4.44. The molecular weight excluding hydrogens is 402 g/mol. The van der Waals surface area contributed by atoms with Gasteiger partial charge in [-0.05, 0) is 37.6 Å². The standard InChI is InChI=1S/C21H17N5OS2/c1-13-7-3-5-9-17(13)25-19(27)16-8-4-6-10-18(16)26-20(25)23-24-21(26)29-12-15-11-28-14(2)22-15/h3-11H,12H2,1-2H3. The highest BCUT2D eigenvalue weighted by Crippen LogP contribution is 2.26. The fraction of sp³-hybridized carbons (Fsp3) is 0.143. The van der Waals surface area contributed by atoms with Gasteiger partial charge in [-0.15, -0.1) is 21.5 Å². The molecule has 8 heteroatoms. The van der Waals surface area contributed by atoms with E-state index in [1.165, 1.54) is 0 Å². The number of thiazole rings is 1. The van der Waals surface area contributed by atoms with Crippen LogP contribution in [-0.2, 0) is 5.75 Å². The van der Waals surface area contributed by atoms with E-state index in [1.807, 2.05) is 66.8 Å². The molecule has 5 rings (SSSR count). The molecule has 0 unspecified atom stereocenters. The molecule has 0 fully saturated rings. The van der Waals surface area contributed by atoms with Crippen LogP contribution in [0, 0.1) is 13.8 Å². The van der Waals surface area contributed by atoms with E-state index in [0.717, 1.165) is 32.6 Å². The molecular formula is C21H17N5OS2. The topological polar surface area (TPSA) is 65.1 Å². The van der Waals surface area contributed by atoms with Gasteiger partial charge in [0.2, 0.25) is 5.78 Å². The van der Waals surface area contributed by atoms with Crippen molar-refractivity contribution in [3.05, 3.63) is 80.5 Å². The van der Waals surface area contributed by atoms with Crippen molar-refractivity contribution in [2.75, 3.05) is 0 Å². The second-order valence-corrected chi connectivity index (χ2v) is 8.71. The lowest BCUT2D eigenvalue weighted by molar-refractivity contribution is 0.927. The van der Waals surface area contributed by atoms with Crippen molar-refractivity contribution in [3.63, 3.8) is 0 Å². The minimum Gasteiger partial charge on any atom is -0.268 e. The number of rotatable bonds is 4. The fourth-order valence-corrected chi connectivity index (χ4v) is 4.97. The molecule has 0 radical (unpaired) electrons. The average Bonchev–Trinajstić information content (AvgIpc) is 3.34. The maximum absolute atomic E-state index is 13.4. The molecule has 2 aromatic carbocycles. The number of thioether (sulfide) groups is 1. The Balaban J connectivity index is 1.76. The second kappa shape index (κ2) is 7.13. The second-order valence-electron chi connectivity index (χ2n) is 6.71. The fourth-order valence-electron chi connectivity index (χ4n) is 3.42. The maximum Gasteiger partial charge on any atom is 0.267 e. The summed E-state index contributed by atoms with van der Waals surface area (Å²) in [5.41, 5.74) is 3.54. The van der Waals surface area contributed by atoms with Crippen LogP contribution in [0.25, 0.3) is 22.4 Å². The molecule has 0 bridgehead atoms. The van der Waals surface area contributed by atoms with Crippen molar-refractivity contribution in [3.8, 4) is 5.69 Å². The van der Waals surface area contributed by atoms with Gasteiger partial charge >= 0.3 is 0 Å². The van der Waals surface area contributed by atoms with E-state index in [-0.39, 0.29) is 5.56 Å². The van der Waals surface area contributed by atoms with E-state index >= 15 is 0 Å². The zero-order chi connectivity index (χ0) is 20.0. The van der Waals surface area contributed by atoms with Gasteiger partial charge in [0.25, 0.3) is 5.56 Å². The van der Waals surface area contributed by atoms with Crippen molar-refractivity contribution >= 4 is 39.8 Å². The molecule has 0 N–H and O–H groups in total. The van der Waals surface area contributed by atoms with Crippen LogP contribution >= 0.6 is 23.1 Å². The Morgan fingerprint density at radius 2 is 1.83 bits per heavy atom. The molecule has 0 aliphatic heterocycles. The van der Waals surface area contributed by atoms with Crippen LogP contribution in [0.2, 0.25) is 0 Å². The Morgan fingerprint density at radius 1 is 1.03 bits per heavy atom. The van der Waals surface area contributed by atoms with Gasteiger partial charge in [-0.25, -0.2) is 9.55 Å². The summed E-state index contributed by atoms with van der Waals surface area (Å²) in [5.74, 6) is 1.21. The van der Waals surface area contributed by atoms with Crippen molar-refractivity contribution in [1.29, 1.82) is 0 Å². The Hall–Kier alpha value is -2.97. The van der Waals surface area contributed by atoms with Gasteiger partial charge in [0.1, 0.15) is 0 Å². The summed E-state index contributed by atoms with van der Waals surface area (Å²) in [7, 11) is 0. The lowest BCUT2D eigenvalue weighted by Crippen LogP contribution is -2.22.